The number of aryl methyl sites for hydroxylation is 2. The third kappa shape index (κ3) is 4.73. The molecule has 0 amide bonds. The maximum Gasteiger partial charge on any atom is 0.0897 e. The highest BCUT2D eigenvalue weighted by Crippen LogP contribution is 2.12. The summed E-state index contributed by atoms with van der Waals surface area (Å²) in [7, 11) is 0. The van der Waals surface area contributed by atoms with Crippen LogP contribution in [0.25, 0.3) is 0 Å². The Kier molecular flexibility index (Phi) is 5.48. The van der Waals surface area contributed by atoms with Gasteiger partial charge in [0.25, 0.3) is 0 Å². The second kappa shape index (κ2) is 7.36. The van der Waals surface area contributed by atoms with Crippen molar-refractivity contribution in [1.82, 2.24) is 15.3 Å². The number of rotatable bonds is 7. The number of aromatic nitrogens is 2. The molecule has 0 aliphatic rings. The largest absolute Gasteiger partial charge is 0.314 e. The molecule has 0 saturated carbocycles. The van der Waals surface area contributed by atoms with Crippen LogP contribution in [0.1, 0.15) is 29.7 Å². The number of nitrogens with zero attached hydrogens (tertiary/aromatic N) is 2. The van der Waals surface area contributed by atoms with Gasteiger partial charge in [-0.1, -0.05) is 13.0 Å². The van der Waals surface area contributed by atoms with Gasteiger partial charge < -0.3 is 5.32 Å². The maximum atomic E-state index is 4.55. The van der Waals surface area contributed by atoms with E-state index in [1.807, 2.05) is 18.3 Å². The van der Waals surface area contributed by atoms with Crippen molar-refractivity contribution in [2.75, 3.05) is 6.54 Å². The molecule has 1 N–H and O–H groups in total. The van der Waals surface area contributed by atoms with E-state index in [1.54, 1.807) is 11.3 Å². The van der Waals surface area contributed by atoms with Gasteiger partial charge in [0.15, 0.2) is 0 Å². The molecular formula is C15H21N3S. The normalized spacial score (nSPS) is 12.5. The minimum absolute atomic E-state index is 0.480. The summed E-state index contributed by atoms with van der Waals surface area (Å²) in [6.45, 7) is 5.21. The van der Waals surface area contributed by atoms with Gasteiger partial charge in [-0.15, -0.1) is 11.3 Å². The average molecular weight is 275 g/mol. The van der Waals surface area contributed by atoms with Crippen molar-refractivity contribution in [3.05, 3.63) is 46.2 Å². The molecule has 0 saturated heterocycles. The summed E-state index contributed by atoms with van der Waals surface area (Å²) < 4.78 is 0. The van der Waals surface area contributed by atoms with Gasteiger partial charge >= 0.3 is 0 Å². The van der Waals surface area contributed by atoms with E-state index in [2.05, 4.69) is 40.6 Å². The van der Waals surface area contributed by atoms with Crippen molar-refractivity contribution < 1.29 is 0 Å². The Labute approximate surface area is 119 Å². The zero-order chi connectivity index (χ0) is 13.5. The first-order valence-electron chi connectivity index (χ1n) is 6.82. The van der Waals surface area contributed by atoms with E-state index >= 15 is 0 Å². The Bertz CT molecular complexity index is 481. The maximum absolute atomic E-state index is 4.55. The first-order valence-corrected chi connectivity index (χ1v) is 7.70. The predicted octanol–water partition coefficient (Wildman–Crippen LogP) is 3.00. The molecule has 0 fully saturated rings. The number of thiazole rings is 1. The SMILES string of the molecule is CCNC(CCc1ccccn1)Cc1csc(C)n1. The Morgan fingerprint density at radius 2 is 2.21 bits per heavy atom. The third-order valence-corrected chi connectivity index (χ3v) is 3.91. The average Bonchev–Trinajstić information content (AvgIpc) is 2.83. The lowest BCUT2D eigenvalue weighted by atomic mass is 10.0. The van der Waals surface area contributed by atoms with Crippen LogP contribution in [-0.2, 0) is 12.8 Å². The molecular weight excluding hydrogens is 254 g/mol. The second-order valence-corrected chi connectivity index (χ2v) is 5.74. The molecule has 1 atom stereocenters. The molecule has 2 aromatic rings. The third-order valence-electron chi connectivity index (χ3n) is 3.09. The standard InChI is InChI=1S/C15H21N3S/c1-3-16-14(10-15-11-19-12(2)18-15)8-7-13-6-4-5-9-17-13/h4-6,9,11,14,16H,3,7-8,10H2,1-2H3. The number of likely N-dealkylation sites (N-methyl/N-ethyl adjacent to an activating group) is 1. The first kappa shape index (κ1) is 14.2. The van der Waals surface area contributed by atoms with Crippen LogP contribution < -0.4 is 5.32 Å². The molecule has 4 heteroatoms. The van der Waals surface area contributed by atoms with Gasteiger partial charge in [0.05, 0.1) is 10.7 Å². The molecule has 2 rings (SSSR count). The second-order valence-electron chi connectivity index (χ2n) is 4.68. The van der Waals surface area contributed by atoms with Crippen molar-refractivity contribution in [2.24, 2.45) is 0 Å². The molecule has 2 aromatic heterocycles. The lowest BCUT2D eigenvalue weighted by molar-refractivity contribution is 0.485. The summed E-state index contributed by atoms with van der Waals surface area (Å²) in [4.78, 5) is 8.93. The lowest BCUT2D eigenvalue weighted by Crippen LogP contribution is -2.31. The van der Waals surface area contributed by atoms with Crippen molar-refractivity contribution >= 4 is 11.3 Å². The topological polar surface area (TPSA) is 37.8 Å². The molecule has 0 aliphatic carbocycles. The smallest absolute Gasteiger partial charge is 0.0897 e. The molecule has 3 nitrogen and oxygen atoms in total. The van der Waals surface area contributed by atoms with E-state index in [4.69, 9.17) is 0 Å². The van der Waals surface area contributed by atoms with Crippen molar-refractivity contribution in [1.29, 1.82) is 0 Å². The zero-order valence-corrected chi connectivity index (χ0v) is 12.4. The fourth-order valence-corrected chi connectivity index (χ4v) is 2.81. The summed E-state index contributed by atoms with van der Waals surface area (Å²) in [6, 6.07) is 6.58. The summed E-state index contributed by atoms with van der Waals surface area (Å²) in [5.74, 6) is 0. The molecule has 0 spiro atoms. The van der Waals surface area contributed by atoms with Crippen molar-refractivity contribution in [3.63, 3.8) is 0 Å². The van der Waals surface area contributed by atoms with Gasteiger partial charge in [0.1, 0.15) is 0 Å². The van der Waals surface area contributed by atoms with Crippen LogP contribution in [0, 0.1) is 6.92 Å². The Morgan fingerprint density at radius 1 is 1.32 bits per heavy atom. The molecule has 0 aliphatic heterocycles. The number of nitrogens with one attached hydrogen (secondary N) is 1. The molecule has 1 unspecified atom stereocenters. The molecule has 102 valence electrons. The molecule has 19 heavy (non-hydrogen) atoms. The van der Waals surface area contributed by atoms with Gasteiger partial charge in [-0.05, 0) is 38.4 Å². The van der Waals surface area contributed by atoms with Crippen molar-refractivity contribution in [2.45, 2.75) is 39.2 Å². The van der Waals surface area contributed by atoms with E-state index in [9.17, 15) is 0 Å². The number of hydrogen-bond acceptors (Lipinski definition) is 4. The fourth-order valence-electron chi connectivity index (χ4n) is 2.19. The predicted molar refractivity (Wildman–Crippen MR) is 80.6 cm³/mol. The van der Waals surface area contributed by atoms with E-state index in [1.165, 1.54) is 11.4 Å². The molecule has 0 aromatic carbocycles. The van der Waals surface area contributed by atoms with E-state index < -0.39 is 0 Å². The van der Waals surface area contributed by atoms with E-state index in [-0.39, 0.29) is 0 Å². The fraction of sp³-hybridized carbons (Fsp3) is 0.467. The Hall–Kier alpha value is -1.26. The van der Waals surface area contributed by atoms with Crippen LogP contribution in [0.5, 0.6) is 0 Å². The quantitative estimate of drug-likeness (QED) is 0.844. The Balaban J connectivity index is 1.89. The molecule has 0 radical (unpaired) electrons. The Morgan fingerprint density at radius 3 is 2.84 bits per heavy atom. The highest BCUT2D eigenvalue weighted by molar-refractivity contribution is 7.09. The van der Waals surface area contributed by atoms with Crippen LogP contribution >= 0.6 is 11.3 Å². The zero-order valence-electron chi connectivity index (χ0n) is 11.6. The van der Waals surface area contributed by atoms with Gasteiger partial charge in [-0.25, -0.2) is 4.98 Å². The van der Waals surface area contributed by atoms with Crippen molar-refractivity contribution in [3.8, 4) is 0 Å². The summed E-state index contributed by atoms with van der Waals surface area (Å²) in [6.07, 6.45) is 4.98. The van der Waals surface area contributed by atoms with Crippen LogP contribution in [0.3, 0.4) is 0 Å². The first-order chi connectivity index (χ1) is 9.28. The number of pyridine rings is 1. The van der Waals surface area contributed by atoms with E-state index in [0.29, 0.717) is 6.04 Å². The van der Waals surface area contributed by atoms with Crippen LogP contribution in [0.15, 0.2) is 29.8 Å². The molecule has 0 bridgehead atoms. The van der Waals surface area contributed by atoms with Gasteiger partial charge in [0, 0.05) is 29.7 Å². The van der Waals surface area contributed by atoms with Crippen LogP contribution in [-0.4, -0.2) is 22.6 Å². The highest BCUT2D eigenvalue weighted by Gasteiger charge is 2.11. The summed E-state index contributed by atoms with van der Waals surface area (Å²) in [5.41, 5.74) is 2.37. The van der Waals surface area contributed by atoms with Crippen LogP contribution in [0.2, 0.25) is 0 Å². The van der Waals surface area contributed by atoms with Gasteiger partial charge in [-0.2, -0.15) is 0 Å². The van der Waals surface area contributed by atoms with Crippen LogP contribution in [0.4, 0.5) is 0 Å². The highest BCUT2D eigenvalue weighted by atomic mass is 32.1. The van der Waals surface area contributed by atoms with Gasteiger partial charge in [-0.3, -0.25) is 4.98 Å². The summed E-state index contributed by atoms with van der Waals surface area (Å²) in [5, 5.41) is 6.86. The lowest BCUT2D eigenvalue weighted by Gasteiger charge is -2.16. The molecule has 2 heterocycles. The van der Waals surface area contributed by atoms with Gasteiger partial charge in [0.2, 0.25) is 0 Å². The minimum Gasteiger partial charge on any atom is -0.314 e. The number of hydrogen-bond donors (Lipinski definition) is 1. The minimum atomic E-state index is 0.480. The summed E-state index contributed by atoms with van der Waals surface area (Å²) >= 11 is 1.73. The van der Waals surface area contributed by atoms with E-state index in [0.717, 1.165) is 30.8 Å². The monoisotopic (exact) mass is 275 g/mol.